The first kappa shape index (κ1) is 12.8. The van der Waals surface area contributed by atoms with Crippen LogP contribution in [0.5, 0.6) is 0 Å². The Balaban J connectivity index is 2.02. The van der Waals surface area contributed by atoms with Crippen LogP contribution in [0.15, 0.2) is 18.3 Å². The molecule has 3 N–H and O–H groups in total. The Hall–Kier alpha value is -1.62. The number of rotatable bonds is 2. The van der Waals surface area contributed by atoms with Crippen molar-refractivity contribution in [2.75, 3.05) is 18.8 Å². The van der Waals surface area contributed by atoms with Crippen molar-refractivity contribution in [2.24, 2.45) is 5.92 Å². The smallest absolute Gasteiger partial charge is 0.257 e. The van der Waals surface area contributed by atoms with E-state index in [2.05, 4.69) is 4.98 Å². The number of likely N-dealkylation sites (tertiary alicyclic amines) is 1. The lowest BCUT2D eigenvalue weighted by atomic mass is 9.92. The molecule has 0 bridgehead atoms. The van der Waals surface area contributed by atoms with Gasteiger partial charge in [0.2, 0.25) is 0 Å². The second kappa shape index (κ2) is 5.35. The number of carbonyl (C=O) groups is 1. The number of aliphatic hydroxyl groups is 1. The molecule has 1 atom stereocenters. The van der Waals surface area contributed by atoms with E-state index in [1.807, 2.05) is 0 Å². The molecule has 0 saturated carbocycles. The van der Waals surface area contributed by atoms with E-state index in [-0.39, 0.29) is 17.8 Å². The van der Waals surface area contributed by atoms with E-state index in [1.165, 1.54) is 0 Å². The maximum Gasteiger partial charge on any atom is 0.257 e. The molecule has 2 rings (SSSR count). The summed E-state index contributed by atoms with van der Waals surface area (Å²) in [5, 5.41) is 9.53. The third kappa shape index (κ3) is 2.61. The van der Waals surface area contributed by atoms with Gasteiger partial charge in [0.25, 0.3) is 5.91 Å². The second-order valence-corrected chi connectivity index (χ2v) is 4.81. The first-order chi connectivity index (χ1) is 8.59. The highest BCUT2D eigenvalue weighted by Gasteiger charge is 2.26. The Bertz CT molecular complexity index is 426. The summed E-state index contributed by atoms with van der Waals surface area (Å²) < 4.78 is 0. The molecule has 2 heterocycles. The van der Waals surface area contributed by atoms with Gasteiger partial charge in [-0.1, -0.05) is 0 Å². The minimum absolute atomic E-state index is 0.0651. The number of aromatic nitrogens is 1. The Morgan fingerprint density at radius 3 is 2.78 bits per heavy atom. The van der Waals surface area contributed by atoms with Crippen molar-refractivity contribution in [1.82, 2.24) is 9.88 Å². The summed E-state index contributed by atoms with van der Waals surface area (Å²) in [4.78, 5) is 18.0. The zero-order valence-electron chi connectivity index (χ0n) is 10.5. The summed E-state index contributed by atoms with van der Waals surface area (Å²) >= 11 is 0. The van der Waals surface area contributed by atoms with Crippen molar-refractivity contribution >= 4 is 11.7 Å². The van der Waals surface area contributed by atoms with Crippen LogP contribution in [0.2, 0.25) is 0 Å². The number of nitrogen functional groups attached to an aromatic ring is 1. The number of nitrogens with zero attached hydrogens (tertiary/aromatic N) is 2. The van der Waals surface area contributed by atoms with Crippen LogP contribution in [0.4, 0.5) is 5.82 Å². The number of carbonyl (C=O) groups excluding carboxylic acids is 1. The van der Waals surface area contributed by atoms with Gasteiger partial charge in [-0.05, 0) is 37.8 Å². The highest BCUT2D eigenvalue weighted by molar-refractivity contribution is 5.98. The summed E-state index contributed by atoms with van der Waals surface area (Å²) in [5.41, 5.74) is 6.17. The minimum Gasteiger partial charge on any atom is -0.393 e. The first-order valence-corrected chi connectivity index (χ1v) is 6.27. The molecule has 98 valence electrons. The fourth-order valence-corrected chi connectivity index (χ4v) is 2.35. The number of piperidine rings is 1. The van der Waals surface area contributed by atoms with Crippen LogP contribution in [0.3, 0.4) is 0 Å². The van der Waals surface area contributed by atoms with Crippen LogP contribution in [-0.2, 0) is 0 Å². The molecular weight excluding hydrogens is 230 g/mol. The molecule has 18 heavy (non-hydrogen) atoms. The quantitative estimate of drug-likeness (QED) is 0.816. The van der Waals surface area contributed by atoms with Gasteiger partial charge in [0.05, 0.1) is 11.7 Å². The van der Waals surface area contributed by atoms with Gasteiger partial charge in [-0.3, -0.25) is 4.79 Å². The molecule has 1 unspecified atom stereocenters. The molecule has 1 amide bonds. The Labute approximate surface area is 107 Å². The summed E-state index contributed by atoms with van der Waals surface area (Å²) in [7, 11) is 0. The average molecular weight is 249 g/mol. The molecule has 1 aliphatic rings. The molecule has 1 aromatic rings. The molecule has 1 aliphatic heterocycles. The third-order valence-electron chi connectivity index (χ3n) is 3.58. The fraction of sp³-hybridized carbons (Fsp3) is 0.538. The van der Waals surface area contributed by atoms with E-state index in [0.29, 0.717) is 24.6 Å². The number of hydrogen-bond donors (Lipinski definition) is 2. The highest BCUT2D eigenvalue weighted by Crippen LogP contribution is 2.22. The number of hydrogen-bond acceptors (Lipinski definition) is 4. The van der Waals surface area contributed by atoms with E-state index >= 15 is 0 Å². The Kier molecular flexibility index (Phi) is 3.81. The largest absolute Gasteiger partial charge is 0.393 e. The predicted molar refractivity (Wildman–Crippen MR) is 69.0 cm³/mol. The lowest BCUT2D eigenvalue weighted by Crippen LogP contribution is -2.41. The van der Waals surface area contributed by atoms with Crippen LogP contribution in [-0.4, -0.2) is 40.1 Å². The highest BCUT2D eigenvalue weighted by atomic mass is 16.3. The van der Waals surface area contributed by atoms with Crippen LogP contribution in [0.1, 0.15) is 30.1 Å². The second-order valence-electron chi connectivity index (χ2n) is 4.81. The lowest BCUT2D eigenvalue weighted by molar-refractivity contribution is 0.0522. The predicted octanol–water partition coefficient (Wildman–Crippen LogP) is 0.897. The average Bonchev–Trinajstić information content (AvgIpc) is 2.38. The molecule has 0 radical (unpaired) electrons. The van der Waals surface area contributed by atoms with Gasteiger partial charge in [-0.15, -0.1) is 0 Å². The Morgan fingerprint density at radius 1 is 1.56 bits per heavy atom. The van der Waals surface area contributed by atoms with Crippen LogP contribution < -0.4 is 5.73 Å². The van der Waals surface area contributed by atoms with Crippen molar-refractivity contribution in [3.05, 3.63) is 23.9 Å². The molecule has 0 aliphatic carbocycles. The van der Waals surface area contributed by atoms with E-state index in [1.54, 1.807) is 30.2 Å². The summed E-state index contributed by atoms with van der Waals surface area (Å²) in [6, 6.07) is 3.41. The first-order valence-electron chi connectivity index (χ1n) is 6.27. The van der Waals surface area contributed by atoms with Gasteiger partial charge in [-0.25, -0.2) is 4.98 Å². The SMILES string of the molecule is CC(O)C1CCN(C(=O)c2cccnc2N)CC1. The number of anilines is 1. The topological polar surface area (TPSA) is 79.5 Å². The van der Waals surface area contributed by atoms with Gasteiger partial charge < -0.3 is 15.7 Å². The lowest BCUT2D eigenvalue weighted by Gasteiger charge is -2.33. The van der Waals surface area contributed by atoms with Crippen molar-refractivity contribution < 1.29 is 9.90 Å². The maximum atomic E-state index is 12.2. The Morgan fingerprint density at radius 2 is 2.22 bits per heavy atom. The van der Waals surface area contributed by atoms with Crippen molar-refractivity contribution in [2.45, 2.75) is 25.9 Å². The molecular formula is C13H19N3O2. The van der Waals surface area contributed by atoms with Gasteiger partial charge >= 0.3 is 0 Å². The van der Waals surface area contributed by atoms with E-state index in [9.17, 15) is 9.90 Å². The summed E-state index contributed by atoms with van der Waals surface area (Å²) in [6.45, 7) is 3.15. The van der Waals surface area contributed by atoms with E-state index in [0.717, 1.165) is 12.8 Å². The molecule has 1 aromatic heterocycles. The molecule has 1 fully saturated rings. The summed E-state index contributed by atoms with van der Waals surface area (Å²) in [6.07, 6.45) is 2.95. The standard InChI is InChI=1S/C13H19N3O2/c1-9(17)10-4-7-16(8-5-10)13(18)11-3-2-6-15-12(11)14/h2-3,6,9-10,17H,4-5,7-8H2,1H3,(H2,14,15). The van der Waals surface area contributed by atoms with Gasteiger partial charge in [0.1, 0.15) is 5.82 Å². The molecule has 0 spiro atoms. The van der Waals surface area contributed by atoms with Crippen LogP contribution >= 0.6 is 0 Å². The van der Waals surface area contributed by atoms with Gasteiger partial charge in [0.15, 0.2) is 0 Å². The number of nitrogens with two attached hydrogens (primary N) is 1. The van der Waals surface area contributed by atoms with Crippen LogP contribution in [0, 0.1) is 5.92 Å². The third-order valence-corrected chi connectivity index (χ3v) is 3.58. The fourth-order valence-electron chi connectivity index (χ4n) is 2.35. The van der Waals surface area contributed by atoms with Gasteiger partial charge in [0, 0.05) is 19.3 Å². The van der Waals surface area contributed by atoms with Crippen molar-refractivity contribution in [3.63, 3.8) is 0 Å². The van der Waals surface area contributed by atoms with E-state index < -0.39 is 0 Å². The molecule has 5 heteroatoms. The number of amides is 1. The number of pyridine rings is 1. The zero-order chi connectivity index (χ0) is 13.1. The van der Waals surface area contributed by atoms with Crippen molar-refractivity contribution in [1.29, 1.82) is 0 Å². The van der Waals surface area contributed by atoms with Gasteiger partial charge in [-0.2, -0.15) is 0 Å². The normalized spacial score (nSPS) is 18.7. The van der Waals surface area contributed by atoms with Crippen LogP contribution in [0.25, 0.3) is 0 Å². The summed E-state index contributed by atoms with van der Waals surface area (Å²) in [5.74, 6) is 0.505. The molecule has 1 saturated heterocycles. The number of aliphatic hydroxyl groups excluding tert-OH is 1. The maximum absolute atomic E-state index is 12.2. The van der Waals surface area contributed by atoms with Crippen molar-refractivity contribution in [3.8, 4) is 0 Å². The monoisotopic (exact) mass is 249 g/mol. The van der Waals surface area contributed by atoms with E-state index in [4.69, 9.17) is 5.73 Å². The molecule has 5 nitrogen and oxygen atoms in total. The molecule has 0 aromatic carbocycles. The zero-order valence-corrected chi connectivity index (χ0v) is 10.5. The minimum atomic E-state index is -0.300.